The van der Waals surface area contributed by atoms with Crippen molar-refractivity contribution >= 4 is 23.3 Å². The van der Waals surface area contributed by atoms with E-state index < -0.39 is 0 Å². The van der Waals surface area contributed by atoms with Gasteiger partial charge in [0, 0.05) is 32.4 Å². The van der Waals surface area contributed by atoms with Crippen LogP contribution >= 0.6 is 11.6 Å². The van der Waals surface area contributed by atoms with E-state index in [1.165, 1.54) is 6.42 Å². The molecule has 2 saturated heterocycles. The first-order valence-electron chi connectivity index (χ1n) is 7.63. The van der Waals surface area contributed by atoms with E-state index in [9.17, 15) is 4.79 Å². The van der Waals surface area contributed by atoms with E-state index in [-0.39, 0.29) is 11.9 Å². The van der Waals surface area contributed by atoms with Crippen LogP contribution in [0.4, 0.5) is 5.82 Å². The maximum Gasteiger partial charge on any atom is 0.239 e. The van der Waals surface area contributed by atoms with Gasteiger partial charge in [-0.25, -0.2) is 4.98 Å². The zero-order valence-electron chi connectivity index (χ0n) is 12.1. The quantitative estimate of drug-likeness (QED) is 0.900. The Hall–Kier alpha value is -1.33. The van der Waals surface area contributed by atoms with Gasteiger partial charge in [0.1, 0.15) is 5.82 Å². The number of nitrogens with one attached hydrogen (secondary N) is 1. The van der Waals surface area contributed by atoms with Gasteiger partial charge in [-0.2, -0.15) is 0 Å². The van der Waals surface area contributed by atoms with Crippen molar-refractivity contribution in [1.29, 1.82) is 0 Å². The predicted octanol–water partition coefficient (Wildman–Crippen LogP) is 1.53. The molecule has 1 aromatic rings. The number of carbonyl (C=O) groups excluding carboxylic acids is 1. The Labute approximate surface area is 130 Å². The minimum atomic E-state index is 0.0268. The van der Waals surface area contributed by atoms with E-state index in [0.29, 0.717) is 5.02 Å². The molecule has 0 radical (unpaired) electrons. The molecule has 2 aliphatic heterocycles. The van der Waals surface area contributed by atoms with Crippen LogP contribution < -0.4 is 10.2 Å². The molecule has 1 aromatic heterocycles. The van der Waals surface area contributed by atoms with Gasteiger partial charge in [-0.3, -0.25) is 4.79 Å². The third-order valence-corrected chi connectivity index (χ3v) is 4.46. The summed E-state index contributed by atoms with van der Waals surface area (Å²) in [4.78, 5) is 21.0. The molecule has 5 nitrogen and oxygen atoms in total. The van der Waals surface area contributed by atoms with Crippen molar-refractivity contribution in [2.45, 2.75) is 25.3 Å². The van der Waals surface area contributed by atoms with Gasteiger partial charge < -0.3 is 15.1 Å². The lowest BCUT2D eigenvalue weighted by Crippen LogP contribution is -2.55. The summed E-state index contributed by atoms with van der Waals surface area (Å²) in [6, 6.07) is 3.81. The maximum atomic E-state index is 12.5. The van der Waals surface area contributed by atoms with Crippen molar-refractivity contribution in [1.82, 2.24) is 15.2 Å². The molecule has 3 heterocycles. The minimum Gasteiger partial charge on any atom is -0.353 e. The highest BCUT2D eigenvalue weighted by Gasteiger charge is 2.28. The average Bonchev–Trinajstić information content (AvgIpc) is 2.56. The first-order valence-corrected chi connectivity index (χ1v) is 8.00. The molecule has 0 aromatic carbocycles. The number of amides is 1. The molecular formula is C15H21ClN4O. The molecule has 0 spiro atoms. The highest BCUT2D eigenvalue weighted by Crippen LogP contribution is 2.17. The predicted molar refractivity (Wildman–Crippen MR) is 83.7 cm³/mol. The second kappa shape index (κ2) is 6.62. The number of halogens is 1. The summed E-state index contributed by atoms with van der Waals surface area (Å²) in [6.07, 6.45) is 4.97. The molecule has 1 amide bonds. The molecule has 0 aliphatic carbocycles. The fourth-order valence-corrected chi connectivity index (χ4v) is 3.11. The van der Waals surface area contributed by atoms with Crippen LogP contribution in [0.2, 0.25) is 5.02 Å². The highest BCUT2D eigenvalue weighted by molar-refractivity contribution is 6.30. The lowest BCUT2D eigenvalue weighted by molar-refractivity contribution is -0.134. The molecular weight excluding hydrogens is 288 g/mol. The molecule has 114 valence electrons. The number of hydrogen-bond donors (Lipinski definition) is 1. The lowest BCUT2D eigenvalue weighted by atomic mass is 10.0. The largest absolute Gasteiger partial charge is 0.353 e. The summed E-state index contributed by atoms with van der Waals surface area (Å²) in [7, 11) is 0. The van der Waals surface area contributed by atoms with Crippen LogP contribution in [0.3, 0.4) is 0 Å². The van der Waals surface area contributed by atoms with Gasteiger partial charge in [0.2, 0.25) is 5.91 Å². The molecule has 2 fully saturated rings. The number of rotatable bonds is 2. The topological polar surface area (TPSA) is 48.5 Å². The maximum absolute atomic E-state index is 12.5. The summed E-state index contributed by atoms with van der Waals surface area (Å²) in [5, 5.41) is 3.98. The average molecular weight is 309 g/mol. The fourth-order valence-electron chi connectivity index (χ4n) is 2.99. The third kappa shape index (κ3) is 3.47. The van der Waals surface area contributed by atoms with Gasteiger partial charge >= 0.3 is 0 Å². The number of carbonyl (C=O) groups is 1. The molecule has 3 rings (SSSR count). The molecule has 1 atom stereocenters. The number of nitrogens with zero attached hydrogens (tertiary/aromatic N) is 3. The molecule has 0 saturated carbocycles. The summed E-state index contributed by atoms with van der Waals surface area (Å²) in [5.74, 6) is 1.20. The standard InChI is InChI=1S/C15H21ClN4O/c16-12-4-5-14(18-11-12)19-7-9-20(10-8-19)15(21)13-3-1-2-6-17-13/h4-5,11,13,17H,1-3,6-10H2/t13-/m1/s1. The monoisotopic (exact) mass is 308 g/mol. The van der Waals surface area contributed by atoms with E-state index in [1.54, 1.807) is 6.20 Å². The molecule has 0 unspecified atom stereocenters. The van der Waals surface area contributed by atoms with Gasteiger partial charge in [0.05, 0.1) is 11.1 Å². The number of hydrogen-bond acceptors (Lipinski definition) is 4. The van der Waals surface area contributed by atoms with Crippen LogP contribution in [-0.4, -0.2) is 54.6 Å². The van der Waals surface area contributed by atoms with Crippen molar-refractivity contribution in [2.75, 3.05) is 37.6 Å². The Morgan fingerprint density at radius 1 is 1.24 bits per heavy atom. The second-order valence-corrected chi connectivity index (χ2v) is 6.09. The van der Waals surface area contributed by atoms with Crippen LogP contribution in [0.15, 0.2) is 18.3 Å². The van der Waals surface area contributed by atoms with E-state index >= 15 is 0 Å². The summed E-state index contributed by atoms with van der Waals surface area (Å²) in [5.41, 5.74) is 0. The van der Waals surface area contributed by atoms with Gasteiger partial charge in [-0.15, -0.1) is 0 Å². The highest BCUT2D eigenvalue weighted by atomic mass is 35.5. The SMILES string of the molecule is O=C([C@H]1CCCCN1)N1CCN(c2ccc(Cl)cn2)CC1. The molecule has 1 N–H and O–H groups in total. The summed E-state index contributed by atoms with van der Waals surface area (Å²) < 4.78 is 0. The second-order valence-electron chi connectivity index (χ2n) is 5.65. The fraction of sp³-hybridized carbons (Fsp3) is 0.600. The van der Waals surface area contributed by atoms with Crippen molar-refractivity contribution in [3.63, 3.8) is 0 Å². The number of piperidine rings is 1. The van der Waals surface area contributed by atoms with Crippen LogP contribution in [0.1, 0.15) is 19.3 Å². The lowest BCUT2D eigenvalue weighted by Gasteiger charge is -2.37. The first kappa shape index (κ1) is 14.6. The van der Waals surface area contributed by atoms with Gasteiger partial charge in [-0.05, 0) is 31.5 Å². The molecule has 0 bridgehead atoms. The number of pyridine rings is 1. The third-order valence-electron chi connectivity index (χ3n) is 4.24. The van der Waals surface area contributed by atoms with E-state index in [0.717, 1.165) is 51.4 Å². The smallest absolute Gasteiger partial charge is 0.239 e. The Morgan fingerprint density at radius 2 is 2.05 bits per heavy atom. The normalized spacial score (nSPS) is 23.2. The van der Waals surface area contributed by atoms with Crippen LogP contribution in [0.5, 0.6) is 0 Å². The Kier molecular flexibility index (Phi) is 4.60. The Morgan fingerprint density at radius 3 is 2.67 bits per heavy atom. The van der Waals surface area contributed by atoms with Crippen LogP contribution in [0, 0.1) is 0 Å². The van der Waals surface area contributed by atoms with E-state index in [1.807, 2.05) is 17.0 Å². The van der Waals surface area contributed by atoms with Crippen molar-refractivity contribution < 1.29 is 4.79 Å². The Bertz CT molecular complexity index is 479. The van der Waals surface area contributed by atoms with Crippen molar-refractivity contribution in [3.05, 3.63) is 23.4 Å². The minimum absolute atomic E-state index is 0.0268. The zero-order chi connectivity index (χ0) is 14.7. The number of piperazine rings is 1. The Balaban J connectivity index is 1.54. The number of aromatic nitrogens is 1. The first-order chi connectivity index (χ1) is 10.2. The van der Waals surface area contributed by atoms with Gasteiger partial charge in [-0.1, -0.05) is 18.0 Å². The van der Waals surface area contributed by atoms with Gasteiger partial charge in [0.15, 0.2) is 0 Å². The molecule has 6 heteroatoms. The zero-order valence-corrected chi connectivity index (χ0v) is 12.9. The van der Waals surface area contributed by atoms with Gasteiger partial charge in [0.25, 0.3) is 0 Å². The summed E-state index contributed by atoms with van der Waals surface area (Å²) in [6.45, 7) is 4.15. The van der Waals surface area contributed by atoms with E-state index in [4.69, 9.17) is 11.6 Å². The van der Waals surface area contributed by atoms with E-state index in [2.05, 4.69) is 15.2 Å². The number of anilines is 1. The van der Waals surface area contributed by atoms with Crippen molar-refractivity contribution in [2.24, 2.45) is 0 Å². The van der Waals surface area contributed by atoms with Crippen LogP contribution in [0.25, 0.3) is 0 Å². The van der Waals surface area contributed by atoms with Crippen LogP contribution in [-0.2, 0) is 4.79 Å². The summed E-state index contributed by atoms with van der Waals surface area (Å²) >= 11 is 5.86. The molecule has 21 heavy (non-hydrogen) atoms. The molecule has 2 aliphatic rings. The van der Waals surface area contributed by atoms with Crippen molar-refractivity contribution in [3.8, 4) is 0 Å².